The molecule has 2 heterocycles. The zero-order chi connectivity index (χ0) is 30.4. The number of nitrogens with zero attached hydrogens (tertiary/aromatic N) is 3. The molecule has 4 rings (SSSR count). The van der Waals surface area contributed by atoms with Crippen molar-refractivity contribution in [3.05, 3.63) is 59.7 Å². The van der Waals surface area contributed by atoms with E-state index in [-0.39, 0.29) is 6.10 Å². The highest BCUT2D eigenvalue weighted by molar-refractivity contribution is 5.29. The third kappa shape index (κ3) is 6.75. The molecule has 6 atom stereocenters. The Hall–Kier alpha value is -2.72. The third-order valence-electron chi connectivity index (χ3n) is 7.84. The molecule has 0 amide bonds. The van der Waals surface area contributed by atoms with E-state index in [1.54, 1.807) is 21.3 Å². The van der Waals surface area contributed by atoms with E-state index < -0.39 is 36.7 Å². The largest absolute Gasteiger partial charge is 0.497 e. The highest BCUT2D eigenvalue weighted by atomic mass is 16.8. The Bertz CT molecular complexity index is 1170. The fourth-order valence-corrected chi connectivity index (χ4v) is 5.66. The lowest BCUT2D eigenvalue weighted by atomic mass is 9.97. The first-order chi connectivity index (χ1) is 20.1. The summed E-state index contributed by atoms with van der Waals surface area (Å²) < 4.78 is 42.4. The maximum absolute atomic E-state index is 6.63. The van der Waals surface area contributed by atoms with Gasteiger partial charge in [-0.05, 0) is 72.5 Å². The topological polar surface area (TPSA) is 74.3 Å². The van der Waals surface area contributed by atoms with Crippen LogP contribution in [0.25, 0.3) is 0 Å². The molecule has 0 spiro atoms. The summed E-state index contributed by atoms with van der Waals surface area (Å²) in [5.41, 5.74) is 1.75. The molecule has 2 aromatic carbocycles. The van der Waals surface area contributed by atoms with E-state index >= 15 is 0 Å². The molecule has 0 unspecified atom stereocenters. The zero-order valence-electron chi connectivity index (χ0n) is 26.2. The van der Waals surface area contributed by atoms with E-state index in [9.17, 15) is 0 Å². The van der Waals surface area contributed by atoms with E-state index in [2.05, 4.69) is 26.5 Å². The number of hydrogen-bond acceptors (Lipinski definition) is 10. The first-order valence-corrected chi connectivity index (χ1v) is 14.1. The normalized spacial score (nSPS) is 25.1. The molecule has 2 aromatic rings. The first kappa shape index (κ1) is 32.2. The minimum atomic E-state index is -0.637. The highest BCUT2D eigenvalue weighted by Gasteiger charge is 2.48. The van der Waals surface area contributed by atoms with Crippen molar-refractivity contribution in [3.63, 3.8) is 0 Å². The van der Waals surface area contributed by atoms with Gasteiger partial charge in [0.1, 0.15) is 29.8 Å². The molecule has 0 aliphatic carbocycles. The molecular weight excluding hydrogens is 538 g/mol. The van der Waals surface area contributed by atoms with Crippen LogP contribution in [-0.4, -0.2) is 115 Å². The Morgan fingerprint density at radius 1 is 0.762 bits per heavy atom. The number of ether oxygens (including phenoxy) is 7. The molecule has 2 saturated heterocycles. The van der Waals surface area contributed by atoms with E-state index in [0.29, 0.717) is 13.0 Å². The van der Waals surface area contributed by atoms with Crippen LogP contribution in [0.15, 0.2) is 48.5 Å². The average molecular weight is 584 g/mol. The van der Waals surface area contributed by atoms with Crippen molar-refractivity contribution in [1.82, 2.24) is 14.7 Å². The van der Waals surface area contributed by atoms with Crippen LogP contribution in [0.5, 0.6) is 11.5 Å². The molecule has 0 bridgehead atoms. The molecule has 10 heteroatoms. The predicted molar refractivity (Wildman–Crippen MR) is 159 cm³/mol. The van der Waals surface area contributed by atoms with Gasteiger partial charge in [-0.2, -0.15) is 0 Å². The van der Waals surface area contributed by atoms with Crippen LogP contribution in [0.4, 0.5) is 0 Å². The lowest BCUT2D eigenvalue weighted by molar-refractivity contribution is -0.373. The monoisotopic (exact) mass is 583 g/mol. The van der Waals surface area contributed by atoms with Crippen LogP contribution in [0.3, 0.4) is 0 Å². The molecule has 0 N–H and O–H groups in total. The Kier molecular flexibility index (Phi) is 10.9. The molecule has 0 radical (unpaired) electrons. The van der Waals surface area contributed by atoms with Crippen LogP contribution in [0, 0.1) is 11.8 Å². The molecule has 0 saturated carbocycles. The lowest BCUT2D eigenvalue weighted by Crippen LogP contribution is -2.63. The Morgan fingerprint density at radius 2 is 1.29 bits per heavy atom. The van der Waals surface area contributed by atoms with Crippen molar-refractivity contribution in [2.75, 3.05) is 70.2 Å². The minimum Gasteiger partial charge on any atom is -0.497 e. The van der Waals surface area contributed by atoms with Crippen molar-refractivity contribution >= 4 is 0 Å². The predicted octanol–water partition coefficient (Wildman–Crippen LogP) is 3.35. The van der Waals surface area contributed by atoms with Gasteiger partial charge in [-0.3, -0.25) is 14.7 Å². The second kappa shape index (κ2) is 14.2. The maximum Gasteiger partial charge on any atom is 0.194 e. The summed E-state index contributed by atoms with van der Waals surface area (Å²) in [6.45, 7) is 0.334. The van der Waals surface area contributed by atoms with E-state index in [0.717, 1.165) is 22.6 Å². The number of methoxy groups -OCH3 is 3. The van der Waals surface area contributed by atoms with Gasteiger partial charge in [-0.25, -0.2) is 0 Å². The van der Waals surface area contributed by atoms with Crippen molar-refractivity contribution in [3.8, 4) is 23.3 Å². The minimum absolute atomic E-state index is 0.334. The maximum atomic E-state index is 6.63. The van der Waals surface area contributed by atoms with Gasteiger partial charge in [0, 0.05) is 24.7 Å². The standard InChI is InChI=1S/C32H45N3O7/c1-33(2)32(34(3)4,35(5)6)20-10-11-26(38-9)28-29-27(40-31(42-28)23-14-18-25(37-8)19-15-23)21-39-30(41-29)22-12-16-24(36-7)17-13-22/h12-19,26-31H,11,21H2,1-9H3/t26-,27+,28-,29-,30-,31+/m1/s1. The van der Waals surface area contributed by atoms with Crippen LogP contribution < -0.4 is 9.47 Å². The van der Waals surface area contributed by atoms with Gasteiger partial charge in [0.25, 0.3) is 0 Å². The number of rotatable bonds is 10. The van der Waals surface area contributed by atoms with Crippen LogP contribution in [0.1, 0.15) is 30.1 Å². The van der Waals surface area contributed by atoms with Gasteiger partial charge in [0.2, 0.25) is 0 Å². The lowest BCUT2D eigenvalue weighted by Gasteiger charge is -2.47. The number of fused-ring (bicyclic) bond motifs is 1. The molecule has 2 aliphatic rings. The van der Waals surface area contributed by atoms with Gasteiger partial charge < -0.3 is 33.2 Å². The van der Waals surface area contributed by atoms with Gasteiger partial charge in [0.15, 0.2) is 18.4 Å². The smallest absolute Gasteiger partial charge is 0.194 e. The molecule has 10 nitrogen and oxygen atoms in total. The summed E-state index contributed by atoms with van der Waals surface area (Å²) in [4.78, 5) is 6.26. The van der Waals surface area contributed by atoms with Crippen LogP contribution >= 0.6 is 0 Å². The summed E-state index contributed by atoms with van der Waals surface area (Å²) >= 11 is 0. The second-order valence-corrected chi connectivity index (χ2v) is 11.0. The van der Waals surface area contributed by atoms with E-state index in [1.807, 2.05) is 90.8 Å². The van der Waals surface area contributed by atoms with Crippen molar-refractivity contribution in [2.45, 2.75) is 49.2 Å². The summed E-state index contributed by atoms with van der Waals surface area (Å²) in [7, 11) is 17.1. The van der Waals surface area contributed by atoms with Gasteiger partial charge in [-0.15, -0.1) is 0 Å². The molecule has 0 aromatic heterocycles. The SMILES string of the molecule is COc1ccc([C@@H]2OC[C@@H]3O[C@H](c4ccc(OC)cc4)O[C@H]([C@@H](CC#CC(N(C)C)(N(C)C)N(C)C)OC)[C@@H]3O2)cc1. The van der Waals surface area contributed by atoms with Gasteiger partial charge in [0.05, 0.1) is 26.9 Å². The van der Waals surface area contributed by atoms with Crippen LogP contribution in [0.2, 0.25) is 0 Å². The fraction of sp³-hybridized carbons (Fsp3) is 0.562. The Balaban J connectivity index is 1.63. The zero-order valence-corrected chi connectivity index (χ0v) is 26.2. The number of hydrogen-bond donors (Lipinski definition) is 0. The fourth-order valence-electron chi connectivity index (χ4n) is 5.66. The van der Waals surface area contributed by atoms with Gasteiger partial charge in [-0.1, -0.05) is 30.2 Å². The Labute approximate surface area is 250 Å². The molecule has 2 fully saturated rings. The Morgan fingerprint density at radius 3 is 1.76 bits per heavy atom. The second-order valence-electron chi connectivity index (χ2n) is 11.0. The number of benzene rings is 2. The van der Waals surface area contributed by atoms with Crippen molar-refractivity contribution in [2.24, 2.45) is 0 Å². The summed E-state index contributed by atoms with van der Waals surface area (Å²) in [6.07, 6.45) is -2.50. The van der Waals surface area contributed by atoms with E-state index in [4.69, 9.17) is 33.2 Å². The van der Waals surface area contributed by atoms with Crippen molar-refractivity contribution in [1.29, 1.82) is 0 Å². The highest BCUT2D eigenvalue weighted by Crippen LogP contribution is 2.40. The third-order valence-corrected chi connectivity index (χ3v) is 7.84. The first-order valence-electron chi connectivity index (χ1n) is 14.1. The molecule has 230 valence electrons. The van der Waals surface area contributed by atoms with E-state index in [1.165, 1.54) is 0 Å². The molecule has 2 aliphatic heterocycles. The molecule has 42 heavy (non-hydrogen) atoms. The molecular formula is C32H45N3O7. The van der Waals surface area contributed by atoms with Crippen molar-refractivity contribution < 1.29 is 33.2 Å². The summed E-state index contributed by atoms with van der Waals surface area (Å²) in [6, 6.07) is 15.3. The van der Waals surface area contributed by atoms with Gasteiger partial charge >= 0.3 is 0 Å². The average Bonchev–Trinajstić information content (AvgIpc) is 3.00. The summed E-state index contributed by atoms with van der Waals surface area (Å²) in [5, 5.41) is 0. The summed E-state index contributed by atoms with van der Waals surface area (Å²) in [5.74, 6) is 7.80. The quantitative estimate of drug-likeness (QED) is 0.307. The van der Waals surface area contributed by atoms with Crippen LogP contribution in [-0.2, 0) is 23.7 Å².